The van der Waals surface area contributed by atoms with E-state index in [1.807, 2.05) is 0 Å². The van der Waals surface area contributed by atoms with Gasteiger partial charge >= 0.3 is 0 Å². The molecule has 1 amide bonds. The number of carbonyl (C=O) groups is 1. The molecule has 0 unspecified atom stereocenters. The van der Waals surface area contributed by atoms with Gasteiger partial charge < -0.3 is 10.4 Å². The minimum atomic E-state index is -0.481. The van der Waals surface area contributed by atoms with Crippen LogP contribution >= 0.6 is 0 Å². The second-order valence-electron chi connectivity index (χ2n) is 4.81. The van der Waals surface area contributed by atoms with Crippen molar-refractivity contribution in [3.8, 4) is 0 Å². The molecular weight excluding hydrogens is 202 g/mol. The van der Waals surface area contributed by atoms with E-state index < -0.39 is 5.60 Å². The highest BCUT2D eigenvalue weighted by Crippen LogP contribution is 2.32. The summed E-state index contributed by atoms with van der Waals surface area (Å²) in [5, 5.41) is 13.2. The van der Waals surface area contributed by atoms with Crippen LogP contribution in [0.15, 0.2) is 12.7 Å². The highest BCUT2D eigenvalue weighted by atomic mass is 16.3. The van der Waals surface area contributed by atoms with E-state index in [0.717, 1.165) is 44.9 Å². The van der Waals surface area contributed by atoms with E-state index in [0.29, 0.717) is 0 Å². The third-order valence-electron chi connectivity index (χ3n) is 3.44. The quantitative estimate of drug-likeness (QED) is 0.704. The Hall–Kier alpha value is -0.830. The average molecular weight is 225 g/mol. The van der Waals surface area contributed by atoms with E-state index in [2.05, 4.69) is 18.8 Å². The van der Waals surface area contributed by atoms with Crippen molar-refractivity contribution < 1.29 is 9.90 Å². The number of hydrogen-bond acceptors (Lipinski definition) is 2. The van der Waals surface area contributed by atoms with E-state index in [1.54, 1.807) is 0 Å². The van der Waals surface area contributed by atoms with Crippen LogP contribution in [-0.2, 0) is 4.79 Å². The molecule has 16 heavy (non-hydrogen) atoms. The minimum absolute atomic E-state index is 0.107. The van der Waals surface area contributed by atoms with Gasteiger partial charge in [0.2, 0.25) is 5.91 Å². The van der Waals surface area contributed by atoms with E-state index >= 15 is 0 Å². The van der Waals surface area contributed by atoms with Crippen LogP contribution in [0.4, 0.5) is 0 Å². The van der Waals surface area contributed by atoms with Crippen LogP contribution < -0.4 is 5.32 Å². The molecule has 0 aliphatic heterocycles. The molecule has 1 rings (SSSR count). The Morgan fingerprint density at radius 3 is 2.69 bits per heavy atom. The fraction of sp³-hybridized carbons (Fsp3) is 0.769. The van der Waals surface area contributed by atoms with E-state index in [-0.39, 0.29) is 11.9 Å². The minimum Gasteiger partial charge on any atom is -0.390 e. The zero-order valence-corrected chi connectivity index (χ0v) is 10.2. The monoisotopic (exact) mass is 225 g/mol. The number of amides is 1. The highest BCUT2D eigenvalue weighted by molar-refractivity contribution is 5.87. The standard InChI is InChI=1S/C13H23NO2/c1-3-5-8-13(16)9-6-11(7-10-13)14-12(15)4-2/h4,11,16H,2-3,5-10H2,1H3,(H,14,15). The van der Waals surface area contributed by atoms with Gasteiger partial charge in [-0.05, 0) is 38.2 Å². The number of unbranched alkanes of at least 4 members (excludes halogenated alkanes) is 1. The van der Waals surface area contributed by atoms with Crippen LogP contribution in [0.5, 0.6) is 0 Å². The lowest BCUT2D eigenvalue weighted by molar-refractivity contribution is -0.118. The van der Waals surface area contributed by atoms with Crippen molar-refractivity contribution in [2.75, 3.05) is 0 Å². The first kappa shape index (κ1) is 13.2. The van der Waals surface area contributed by atoms with Crippen LogP contribution in [0, 0.1) is 0 Å². The normalized spacial score (nSPS) is 29.8. The van der Waals surface area contributed by atoms with E-state index in [4.69, 9.17) is 0 Å². The summed E-state index contributed by atoms with van der Waals surface area (Å²) in [6, 6.07) is 0.215. The third kappa shape index (κ3) is 3.97. The summed E-state index contributed by atoms with van der Waals surface area (Å²) in [6.07, 6.45) is 7.76. The van der Waals surface area contributed by atoms with Gasteiger partial charge in [-0.25, -0.2) is 0 Å². The van der Waals surface area contributed by atoms with E-state index in [9.17, 15) is 9.90 Å². The van der Waals surface area contributed by atoms with Crippen molar-refractivity contribution >= 4 is 5.91 Å². The summed E-state index contributed by atoms with van der Waals surface area (Å²) in [7, 11) is 0. The molecule has 0 atom stereocenters. The first-order valence-electron chi connectivity index (χ1n) is 6.25. The van der Waals surface area contributed by atoms with Crippen molar-refractivity contribution in [1.82, 2.24) is 5.32 Å². The zero-order valence-electron chi connectivity index (χ0n) is 10.2. The second kappa shape index (κ2) is 6.04. The van der Waals surface area contributed by atoms with Crippen molar-refractivity contribution in [3.63, 3.8) is 0 Å². The van der Waals surface area contributed by atoms with Crippen LogP contribution in [0.3, 0.4) is 0 Å². The number of aliphatic hydroxyl groups is 1. The van der Waals surface area contributed by atoms with Gasteiger partial charge in [0.05, 0.1) is 5.60 Å². The lowest BCUT2D eigenvalue weighted by atomic mass is 9.79. The van der Waals surface area contributed by atoms with Crippen LogP contribution in [0.25, 0.3) is 0 Å². The van der Waals surface area contributed by atoms with Gasteiger partial charge in [-0.1, -0.05) is 26.3 Å². The predicted octanol–water partition coefficient (Wildman–Crippen LogP) is 2.15. The maximum Gasteiger partial charge on any atom is 0.243 e. The van der Waals surface area contributed by atoms with Crippen molar-refractivity contribution in [2.24, 2.45) is 0 Å². The highest BCUT2D eigenvalue weighted by Gasteiger charge is 2.32. The molecule has 0 saturated heterocycles. The number of carbonyl (C=O) groups excluding carboxylic acids is 1. The molecule has 1 saturated carbocycles. The molecule has 0 aromatic carbocycles. The molecule has 0 bridgehead atoms. The maximum absolute atomic E-state index is 11.1. The van der Waals surface area contributed by atoms with Gasteiger partial charge in [0.25, 0.3) is 0 Å². The molecule has 3 nitrogen and oxygen atoms in total. The Kier molecular flexibility index (Phi) is 5.00. The van der Waals surface area contributed by atoms with Crippen molar-refractivity contribution in [2.45, 2.75) is 63.5 Å². The van der Waals surface area contributed by atoms with Crippen molar-refractivity contribution in [3.05, 3.63) is 12.7 Å². The summed E-state index contributed by atoms with van der Waals surface area (Å²) in [4.78, 5) is 11.1. The Labute approximate surface area is 97.9 Å². The van der Waals surface area contributed by atoms with Crippen molar-refractivity contribution in [1.29, 1.82) is 0 Å². The van der Waals surface area contributed by atoms with Crippen LogP contribution in [-0.4, -0.2) is 22.7 Å². The Balaban J connectivity index is 2.32. The lowest BCUT2D eigenvalue weighted by Crippen LogP contribution is -2.42. The fourth-order valence-corrected chi connectivity index (χ4v) is 2.32. The molecule has 0 spiro atoms. The first-order chi connectivity index (χ1) is 7.59. The van der Waals surface area contributed by atoms with Crippen LogP contribution in [0.2, 0.25) is 0 Å². The molecule has 0 radical (unpaired) electrons. The number of rotatable bonds is 5. The second-order valence-corrected chi connectivity index (χ2v) is 4.81. The molecule has 1 aliphatic rings. The van der Waals surface area contributed by atoms with E-state index in [1.165, 1.54) is 6.08 Å². The third-order valence-corrected chi connectivity index (χ3v) is 3.44. The molecular formula is C13H23NO2. The molecule has 0 heterocycles. The summed E-state index contributed by atoms with van der Waals surface area (Å²) >= 11 is 0. The topological polar surface area (TPSA) is 49.3 Å². The molecule has 2 N–H and O–H groups in total. The summed E-state index contributed by atoms with van der Waals surface area (Å²) in [5.74, 6) is -0.107. The molecule has 1 aliphatic carbocycles. The summed E-state index contributed by atoms with van der Waals surface area (Å²) < 4.78 is 0. The van der Waals surface area contributed by atoms with Gasteiger partial charge in [0.15, 0.2) is 0 Å². The number of hydrogen-bond donors (Lipinski definition) is 2. The zero-order chi connectivity index (χ0) is 12.0. The maximum atomic E-state index is 11.1. The first-order valence-corrected chi connectivity index (χ1v) is 6.25. The fourth-order valence-electron chi connectivity index (χ4n) is 2.32. The molecule has 0 aromatic heterocycles. The van der Waals surface area contributed by atoms with Gasteiger partial charge in [-0.15, -0.1) is 0 Å². The molecule has 92 valence electrons. The Morgan fingerprint density at radius 2 is 2.19 bits per heavy atom. The largest absolute Gasteiger partial charge is 0.390 e. The SMILES string of the molecule is C=CC(=O)NC1CCC(O)(CCCC)CC1. The summed E-state index contributed by atoms with van der Waals surface area (Å²) in [5.41, 5.74) is -0.481. The van der Waals surface area contributed by atoms with Gasteiger partial charge in [-0.2, -0.15) is 0 Å². The summed E-state index contributed by atoms with van der Waals surface area (Å²) in [6.45, 7) is 5.57. The molecule has 1 fully saturated rings. The number of nitrogens with one attached hydrogen (secondary N) is 1. The smallest absolute Gasteiger partial charge is 0.243 e. The lowest BCUT2D eigenvalue weighted by Gasteiger charge is -2.36. The van der Waals surface area contributed by atoms with Gasteiger partial charge in [0.1, 0.15) is 0 Å². The average Bonchev–Trinajstić information content (AvgIpc) is 2.30. The molecule has 0 aromatic rings. The Bertz CT molecular complexity index is 242. The Morgan fingerprint density at radius 1 is 1.56 bits per heavy atom. The molecule has 3 heteroatoms. The van der Waals surface area contributed by atoms with Gasteiger partial charge in [-0.3, -0.25) is 4.79 Å². The van der Waals surface area contributed by atoms with Crippen LogP contribution in [0.1, 0.15) is 51.9 Å². The predicted molar refractivity (Wildman–Crippen MR) is 65.1 cm³/mol. The van der Waals surface area contributed by atoms with Gasteiger partial charge in [0, 0.05) is 6.04 Å².